The number of benzene rings is 1. The van der Waals surface area contributed by atoms with Crippen LogP contribution < -0.4 is 0 Å². The molecule has 0 N–H and O–H groups in total. The Balaban J connectivity index is 2.11. The SMILES string of the molecule is ICN1CC=C(c2ccccc2)CC1. The van der Waals surface area contributed by atoms with Crippen molar-refractivity contribution in [3.63, 3.8) is 0 Å². The summed E-state index contributed by atoms with van der Waals surface area (Å²) in [4.78, 5) is 2.45. The molecule has 0 bridgehead atoms. The molecule has 0 spiro atoms. The molecule has 74 valence electrons. The Labute approximate surface area is 98.9 Å². The van der Waals surface area contributed by atoms with E-state index in [0.29, 0.717) is 0 Å². The van der Waals surface area contributed by atoms with Crippen LogP contribution in [0.5, 0.6) is 0 Å². The molecule has 14 heavy (non-hydrogen) atoms. The minimum atomic E-state index is 1.10. The van der Waals surface area contributed by atoms with Gasteiger partial charge >= 0.3 is 0 Å². The molecule has 1 nitrogen and oxygen atoms in total. The topological polar surface area (TPSA) is 3.24 Å². The number of rotatable bonds is 2. The van der Waals surface area contributed by atoms with Gasteiger partial charge < -0.3 is 0 Å². The van der Waals surface area contributed by atoms with Gasteiger partial charge in [-0.25, -0.2) is 0 Å². The van der Waals surface area contributed by atoms with Crippen molar-refractivity contribution in [1.29, 1.82) is 0 Å². The summed E-state index contributed by atoms with van der Waals surface area (Å²) < 4.78 is 1.14. The zero-order chi connectivity index (χ0) is 9.80. The second-order valence-corrected chi connectivity index (χ2v) is 4.22. The first-order chi connectivity index (χ1) is 6.90. The van der Waals surface area contributed by atoms with Gasteiger partial charge in [0, 0.05) is 13.1 Å². The average Bonchev–Trinajstić information content (AvgIpc) is 2.30. The summed E-state index contributed by atoms with van der Waals surface area (Å²) in [6.45, 7) is 2.30. The molecule has 0 radical (unpaired) electrons. The van der Waals surface area contributed by atoms with E-state index in [1.807, 2.05) is 0 Å². The van der Waals surface area contributed by atoms with Crippen LogP contribution >= 0.6 is 22.6 Å². The van der Waals surface area contributed by atoms with Crippen molar-refractivity contribution in [1.82, 2.24) is 4.90 Å². The fourth-order valence-corrected chi connectivity index (χ4v) is 2.35. The van der Waals surface area contributed by atoms with E-state index in [0.717, 1.165) is 11.1 Å². The highest BCUT2D eigenvalue weighted by molar-refractivity contribution is 14.1. The van der Waals surface area contributed by atoms with Gasteiger partial charge in [0.05, 0.1) is 4.55 Å². The average molecular weight is 299 g/mol. The Morgan fingerprint density at radius 2 is 2.00 bits per heavy atom. The van der Waals surface area contributed by atoms with Gasteiger partial charge in [-0.1, -0.05) is 59.0 Å². The molecular formula is C12H14IN. The van der Waals surface area contributed by atoms with Crippen LogP contribution in [0.25, 0.3) is 5.57 Å². The zero-order valence-corrected chi connectivity index (χ0v) is 10.3. The van der Waals surface area contributed by atoms with Gasteiger partial charge in [0.1, 0.15) is 0 Å². The Morgan fingerprint density at radius 3 is 2.57 bits per heavy atom. The molecule has 0 aromatic heterocycles. The first kappa shape index (κ1) is 10.2. The van der Waals surface area contributed by atoms with E-state index in [-0.39, 0.29) is 0 Å². The molecule has 0 saturated heterocycles. The Hall–Kier alpha value is -0.350. The molecule has 0 atom stereocenters. The lowest BCUT2D eigenvalue weighted by atomic mass is 10.00. The zero-order valence-electron chi connectivity index (χ0n) is 8.12. The van der Waals surface area contributed by atoms with Gasteiger partial charge in [-0.15, -0.1) is 0 Å². The van der Waals surface area contributed by atoms with Crippen LogP contribution in [0.1, 0.15) is 12.0 Å². The second-order valence-electron chi connectivity index (χ2n) is 3.54. The van der Waals surface area contributed by atoms with E-state index >= 15 is 0 Å². The monoisotopic (exact) mass is 299 g/mol. The van der Waals surface area contributed by atoms with Crippen molar-refractivity contribution in [2.24, 2.45) is 0 Å². The molecule has 0 fully saturated rings. The van der Waals surface area contributed by atoms with E-state index < -0.39 is 0 Å². The maximum absolute atomic E-state index is 2.45. The standard InChI is InChI=1S/C12H14IN/c13-10-14-8-6-12(7-9-14)11-4-2-1-3-5-11/h1-6H,7-10H2. The molecular weight excluding hydrogens is 285 g/mol. The van der Waals surface area contributed by atoms with Crippen molar-refractivity contribution in [2.45, 2.75) is 6.42 Å². The molecule has 1 aromatic rings. The van der Waals surface area contributed by atoms with Crippen LogP contribution in [-0.2, 0) is 0 Å². The lowest BCUT2D eigenvalue weighted by molar-refractivity contribution is 0.363. The predicted molar refractivity (Wildman–Crippen MR) is 69.5 cm³/mol. The Bertz CT molecular complexity index is 318. The molecule has 1 aliphatic rings. The van der Waals surface area contributed by atoms with Gasteiger partial charge in [0.25, 0.3) is 0 Å². The van der Waals surface area contributed by atoms with Crippen molar-refractivity contribution in [3.05, 3.63) is 42.0 Å². The highest BCUT2D eigenvalue weighted by Crippen LogP contribution is 2.21. The molecule has 0 amide bonds. The maximum Gasteiger partial charge on any atom is 0.0509 e. The van der Waals surface area contributed by atoms with Crippen molar-refractivity contribution in [2.75, 3.05) is 17.6 Å². The lowest BCUT2D eigenvalue weighted by Gasteiger charge is -2.24. The van der Waals surface area contributed by atoms with Gasteiger partial charge in [0.15, 0.2) is 0 Å². The van der Waals surface area contributed by atoms with Gasteiger partial charge in [0.2, 0.25) is 0 Å². The smallest absolute Gasteiger partial charge is 0.0509 e. The van der Waals surface area contributed by atoms with Crippen LogP contribution in [0.4, 0.5) is 0 Å². The van der Waals surface area contributed by atoms with Crippen LogP contribution in [0.2, 0.25) is 0 Å². The molecule has 1 heterocycles. The summed E-state index contributed by atoms with van der Waals surface area (Å²) in [6.07, 6.45) is 3.55. The number of halogens is 1. The fourth-order valence-electron chi connectivity index (χ4n) is 1.73. The molecule has 0 saturated carbocycles. The third kappa shape index (κ3) is 2.36. The van der Waals surface area contributed by atoms with Crippen molar-refractivity contribution in [3.8, 4) is 0 Å². The normalized spacial score (nSPS) is 17.9. The van der Waals surface area contributed by atoms with Gasteiger partial charge in [-0.05, 0) is 17.6 Å². The molecule has 0 aliphatic carbocycles. The van der Waals surface area contributed by atoms with Crippen molar-refractivity contribution >= 4 is 28.2 Å². The van der Waals surface area contributed by atoms with E-state index in [1.54, 1.807) is 0 Å². The lowest BCUT2D eigenvalue weighted by Crippen LogP contribution is -2.26. The third-order valence-electron chi connectivity index (χ3n) is 2.61. The van der Waals surface area contributed by atoms with Crippen LogP contribution in [0, 0.1) is 0 Å². The van der Waals surface area contributed by atoms with E-state index in [9.17, 15) is 0 Å². The third-order valence-corrected chi connectivity index (χ3v) is 3.57. The molecule has 1 aliphatic heterocycles. The summed E-state index contributed by atoms with van der Waals surface area (Å²) in [5.41, 5.74) is 2.90. The quantitative estimate of drug-likeness (QED) is 0.460. The second kappa shape index (κ2) is 4.94. The van der Waals surface area contributed by atoms with Crippen molar-refractivity contribution < 1.29 is 0 Å². The summed E-state index contributed by atoms with van der Waals surface area (Å²) in [7, 11) is 0. The van der Waals surface area contributed by atoms with Crippen LogP contribution in [-0.4, -0.2) is 22.5 Å². The Kier molecular flexibility index (Phi) is 3.59. The number of alkyl halides is 1. The number of nitrogens with zero attached hydrogens (tertiary/aromatic N) is 1. The van der Waals surface area contributed by atoms with Gasteiger partial charge in [-0.3, -0.25) is 4.90 Å². The first-order valence-electron chi connectivity index (χ1n) is 4.93. The predicted octanol–water partition coefficient (Wildman–Crippen LogP) is 3.17. The summed E-state index contributed by atoms with van der Waals surface area (Å²) >= 11 is 2.43. The molecule has 2 heteroatoms. The summed E-state index contributed by atoms with van der Waals surface area (Å²) in [6, 6.07) is 10.7. The summed E-state index contributed by atoms with van der Waals surface area (Å²) in [5.74, 6) is 0. The molecule has 2 rings (SSSR count). The van der Waals surface area contributed by atoms with E-state index in [2.05, 4.69) is 63.9 Å². The van der Waals surface area contributed by atoms with Crippen LogP contribution in [0.3, 0.4) is 0 Å². The largest absolute Gasteiger partial charge is 0.290 e. The minimum Gasteiger partial charge on any atom is -0.290 e. The summed E-state index contributed by atoms with van der Waals surface area (Å²) in [5, 5.41) is 0. The minimum absolute atomic E-state index is 1.10. The van der Waals surface area contributed by atoms with E-state index in [4.69, 9.17) is 0 Å². The first-order valence-corrected chi connectivity index (χ1v) is 6.45. The number of hydrogen-bond donors (Lipinski definition) is 0. The maximum atomic E-state index is 2.45. The number of hydrogen-bond acceptors (Lipinski definition) is 1. The van der Waals surface area contributed by atoms with Gasteiger partial charge in [-0.2, -0.15) is 0 Å². The van der Waals surface area contributed by atoms with Crippen LogP contribution in [0.15, 0.2) is 36.4 Å². The molecule has 1 aromatic carbocycles. The highest BCUT2D eigenvalue weighted by atomic mass is 127. The molecule has 0 unspecified atom stereocenters. The van der Waals surface area contributed by atoms with E-state index in [1.165, 1.54) is 24.1 Å². The Morgan fingerprint density at radius 1 is 1.21 bits per heavy atom. The highest BCUT2D eigenvalue weighted by Gasteiger charge is 2.10. The fraction of sp³-hybridized carbons (Fsp3) is 0.333.